The van der Waals surface area contributed by atoms with E-state index in [1.165, 1.54) is 26.5 Å². The van der Waals surface area contributed by atoms with Crippen molar-refractivity contribution in [2.24, 2.45) is 5.92 Å². The minimum Gasteiger partial charge on any atom is -0.0734 e. The highest BCUT2D eigenvalue weighted by Crippen LogP contribution is 2.35. The first kappa shape index (κ1) is 16.1. The predicted octanol–water partition coefficient (Wildman–Crippen LogP) is 5.86. The molecule has 0 bridgehead atoms. The summed E-state index contributed by atoms with van der Waals surface area (Å²) in [5.74, 6) is 0.561. The maximum atomic E-state index is 2.42. The number of hydrogen-bond donors (Lipinski definition) is 0. The molecule has 1 heteroatoms. The lowest BCUT2D eigenvalue weighted by molar-refractivity contribution is 0.737. The summed E-state index contributed by atoms with van der Waals surface area (Å²) in [7, 11) is 0.0694. The molecule has 1 aliphatic rings. The summed E-state index contributed by atoms with van der Waals surface area (Å²) < 4.78 is 0. The largest absolute Gasteiger partial charge is 0.161 e. The van der Waals surface area contributed by atoms with Crippen molar-refractivity contribution in [1.82, 2.24) is 0 Å². The zero-order valence-corrected chi connectivity index (χ0v) is 15.2. The number of allylic oxidation sites excluding steroid dienone is 3. The van der Waals surface area contributed by atoms with Gasteiger partial charge in [-0.1, -0.05) is 60.0 Å². The van der Waals surface area contributed by atoms with Gasteiger partial charge in [-0.15, -0.1) is 0 Å². The summed E-state index contributed by atoms with van der Waals surface area (Å²) in [6, 6.07) is 18.2. The quantitative estimate of drug-likeness (QED) is 0.621. The fraction of sp³-hybridized carbons (Fsp3) is 0.273. The minimum absolute atomic E-state index is 0.0694. The SMILES string of the molecule is CC1=CC(C)C([S+](c2ccc(C)cc2)c2ccc(C)cc2)C=C1. The Kier molecular flexibility index (Phi) is 4.77. The molecule has 3 rings (SSSR count). The van der Waals surface area contributed by atoms with Crippen molar-refractivity contribution >= 4 is 10.9 Å². The number of aryl methyl sites for hydroxylation is 2. The molecule has 118 valence electrons. The summed E-state index contributed by atoms with van der Waals surface area (Å²) in [4.78, 5) is 2.88. The first-order chi connectivity index (χ1) is 11.0. The third-order valence-corrected chi connectivity index (χ3v) is 7.11. The van der Waals surface area contributed by atoms with Gasteiger partial charge in [0.25, 0.3) is 0 Å². The van der Waals surface area contributed by atoms with Crippen LogP contribution in [-0.2, 0) is 10.9 Å². The maximum absolute atomic E-state index is 2.42. The van der Waals surface area contributed by atoms with Gasteiger partial charge < -0.3 is 0 Å². The van der Waals surface area contributed by atoms with E-state index in [1.807, 2.05) is 0 Å². The lowest BCUT2D eigenvalue weighted by atomic mass is 9.98. The Morgan fingerprint density at radius 1 is 0.739 bits per heavy atom. The third-order valence-electron chi connectivity index (χ3n) is 4.41. The van der Waals surface area contributed by atoms with E-state index >= 15 is 0 Å². The third kappa shape index (κ3) is 3.61. The van der Waals surface area contributed by atoms with Crippen molar-refractivity contribution in [2.45, 2.75) is 42.7 Å². The number of benzene rings is 2. The number of rotatable bonds is 3. The molecule has 2 atom stereocenters. The second-order valence-corrected chi connectivity index (χ2v) is 8.72. The predicted molar refractivity (Wildman–Crippen MR) is 102 cm³/mol. The van der Waals surface area contributed by atoms with Crippen LogP contribution in [0.25, 0.3) is 0 Å². The van der Waals surface area contributed by atoms with Gasteiger partial charge >= 0.3 is 0 Å². The summed E-state index contributed by atoms with van der Waals surface area (Å²) in [6.07, 6.45) is 7.11. The van der Waals surface area contributed by atoms with Gasteiger partial charge in [0, 0.05) is 5.92 Å². The van der Waals surface area contributed by atoms with Crippen molar-refractivity contribution in [2.75, 3.05) is 0 Å². The first-order valence-electron chi connectivity index (χ1n) is 8.27. The standard InChI is InChI=1S/C22H25S/c1-16-5-10-20(11-6-16)23(21-12-7-17(2)8-13-21)22-14-9-18(3)15-19(22)4/h5-15,19,22H,1-4H3/q+1. The van der Waals surface area contributed by atoms with Crippen molar-refractivity contribution in [3.05, 3.63) is 83.5 Å². The molecule has 0 N–H and O–H groups in total. The van der Waals surface area contributed by atoms with E-state index < -0.39 is 0 Å². The highest BCUT2D eigenvalue weighted by molar-refractivity contribution is 7.97. The minimum atomic E-state index is 0.0694. The first-order valence-corrected chi connectivity index (χ1v) is 9.56. The van der Waals surface area contributed by atoms with Crippen LogP contribution in [-0.4, -0.2) is 5.25 Å². The zero-order valence-electron chi connectivity index (χ0n) is 14.4. The average Bonchev–Trinajstić information content (AvgIpc) is 2.53. The fourth-order valence-corrected chi connectivity index (χ4v) is 5.60. The molecule has 0 fully saturated rings. The molecule has 0 radical (unpaired) electrons. The molecule has 0 aromatic heterocycles. The second kappa shape index (κ2) is 6.80. The molecule has 0 saturated carbocycles. The van der Waals surface area contributed by atoms with E-state index in [2.05, 4.69) is 94.5 Å². The van der Waals surface area contributed by atoms with E-state index in [4.69, 9.17) is 0 Å². The number of hydrogen-bond acceptors (Lipinski definition) is 0. The molecule has 2 aromatic carbocycles. The van der Waals surface area contributed by atoms with Gasteiger partial charge in [-0.2, -0.15) is 0 Å². The molecular weight excluding hydrogens is 296 g/mol. The molecule has 0 spiro atoms. The molecule has 23 heavy (non-hydrogen) atoms. The van der Waals surface area contributed by atoms with Gasteiger partial charge in [0.1, 0.15) is 0 Å². The lowest BCUT2D eigenvalue weighted by Gasteiger charge is -2.23. The average molecular weight is 322 g/mol. The summed E-state index contributed by atoms with van der Waals surface area (Å²) in [5.41, 5.74) is 4.03. The Balaban J connectivity index is 2.05. The molecule has 0 saturated heterocycles. The van der Waals surface area contributed by atoms with Crippen LogP contribution >= 0.6 is 0 Å². The molecule has 2 unspecified atom stereocenters. The molecular formula is C22H25S+. The van der Waals surface area contributed by atoms with Crippen LogP contribution in [0.15, 0.2) is 82.1 Å². The Labute approximate surface area is 143 Å². The highest BCUT2D eigenvalue weighted by Gasteiger charge is 2.37. The summed E-state index contributed by atoms with van der Waals surface area (Å²) in [5, 5.41) is 0.532. The second-order valence-electron chi connectivity index (χ2n) is 6.56. The van der Waals surface area contributed by atoms with E-state index in [9.17, 15) is 0 Å². The van der Waals surface area contributed by atoms with Gasteiger partial charge in [-0.05, 0) is 51.1 Å². The van der Waals surface area contributed by atoms with Crippen LogP contribution in [0.1, 0.15) is 25.0 Å². The van der Waals surface area contributed by atoms with Gasteiger partial charge in [0.15, 0.2) is 15.0 Å². The Hall–Kier alpha value is -1.73. The smallest absolute Gasteiger partial charge is 0.0734 e. The molecule has 0 aliphatic heterocycles. The molecule has 0 nitrogen and oxygen atoms in total. The van der Waals surface area contributed by atoms with Crippen LogP contribution in [0.2, 0.25) is 0 Å². The topological polar surface area (TPSA) is 0 Å². The van der Waals surface area contributed by atoms with Gasteiger partial charge in [0.2, 0.25) is 0 Å². The van der Waals surface area contributed by atoms with Crippen molar-refractivity contribution < 1.29 is 0 Å². The van der Waals surface area contributed by atoms with Crippen molar-refractivity contribution in [3.63, 3.8) is 0 Å². The zero-order chi connectivity index (χ0) is 16.4. The van der Waals surface area contributed by atoms with Crippen molar-refractivity contribution in [1.29, 1.82) is 0 Å². The van der Waals surface area contributed by atoms with Gasteiger partial charge in [0.05, 0.1) is 10.9 Å². The van der Waals surface area contributed by atoms with E-state index in [0.29, 0.717) is 11.2 Å². The normalized spacial score (nSPS) is 20.7. The van der Waals surface area contributed by atoms with E-state index in [1.54, 1.807) is 0 Å². The fourth-order valence-electron chi connectivity index (χ4n) is 3.10. The van der Waals surface area contributed by atoms with Crippen LogP contribution < -0.4 is 0 Å². The molecule has 0 heterocycles. The van der Waals surface area contributed by atoms with Crippen LogP contribution in [0.4, 0.5) is 0 Å². The highest BCUT2D eigenvalue weighted by atomic mass is 32.2. The Bertz CT molecular complexity index is 674. The van der Waals surface area contributed by atoms with Crippen LogP contribution in [0.5, 0.6) is 0 Å². The Morgan fingerprint density at radius 3 is 1.65 bits per heavy atom. The summed E-state index contributed by atoms with van der Waals surface area (Å²) in [6.45, 7) is 8.85. The molecule has 2 aromatic rings. The van der Waals surface area contributed by atoms with Crippen LogP contribution in [0.3, 0.4) is 0 Å². The molecule has 1 aliphatic carbocycles. The Morgan fingerprint density at radius 2 is 1.22 bits per heavy atom. The van der Waals surface area contributed by atoms with E-state index in [-0.39, 0.29) is 10.9 Å². The van der Waals surface area contributed by atoms with Crippen LogP contribution in [0, 0.1) is 19.8 Å². The van der Waals surface area contributed by atoms with Gasteiger partial charge in [-0.3, -0.25) is 0 Å². The van der Waals surface area contributed by atoms with Gasteiger partial charge in [-0.25, -0.2) is 0 Å². The lowest BCUT2D eigenvalue weighted by Crippen LogP contribution is -2.28. The maximum Gasteiger partial charge on any atom is 0.161 e. The van der Waals surface area contributed by atoms with Crippen molar-refractivity contribution in [3.8, 4) is 0 Å². The monoisotopic (exact) mass is 321 g/mol. The molecule has 0 amide bonds. The summed E-state index contributed by atoms with van der Waals surface area (Å²) >= 11 is 0. The van der Waals surface area contributed by atoms with E-state index in [0.717, 1.165) is 0 Å².